The summed E-state index contributed by atoms with van der Waals surface area (Å²) in [6, 6.07) is 17.7. The first kappa shape index (κ1) is 25.2. The second-order valence-electron chi connectivity index (χ2n) is 9.09. The molecule has 0 bridgehead atoms. The first-order valence-electron chi connectivity index (χ1n) is 12.1. The minimum atomic E-state index is -4.85. The van der Waals surface area contributed by atoms with Gasteiger partial charge in [-0.1, -0.05) is 48.5 Å². The fraction of sp³-hybridized carbons (Fsp3) is 0.269. The number of benzene rings is 2. The maximum absolute atomic E-state index is 13.5. The Balaban J connectivity index is 1.18. The van der Waals surface area contributed by atoms with Crippen molar-refractivity contribution in [3.8, 4) is 17.1 Å². The lowest BCUT2D eigenvalue weighted by molar-refractivity contribution is -0.141. The predicted molar refractivity (Wildman–Crippen MR) is 131 cm³/mol. The monoisotopic (exact) mass is 523 g/mol. The van der Waals surface area contributed by atoms with E-state index >= 15 is 0 Å². The summed E-state index contributed by atoms with van der Waals surface area (Å²) >= 11 is 0. The van der Waals surface area contributed by atoms with Crippen LogP contribution in [0.4, 0.5) is 13.2 Å². The molecule has 0 aliphatic heterocycles. The van der Waals surface area contributed by atoms with Crippen molar-refractivity contribution in [1.29, 1.82) is 0 Å². The zero-order valence-corrected chi connectivity index (χ0v) is 20.1. The van der Waals surface area contributed by atoms with E-state index in [4.69, 9.17) is 0 Å². The first-order valence-corrected chi connectivity index (χ1v) is 12.1. The van der Waals surface area contributed by atoms with E-state index in [1.807, 2.05) is 30.3 Å². The van der Waals surface area contributed by atoms with Gasteiger partial charge in [-0.2, -0.15) is 18.3 Å². The maximum atomic E-state index is 13.5. The van der Waals surface area contributed by atoms with Crippen LogP contribution in [0.2, 0.25) is 0 Å². The molecule has 2 heterocycles. The average Bonchev–Trinajstić information content (AvgIpc) is 3.61. The van der Waals surface area contributed by atoms with Crippen LogP contribution in [0.5, 0.6) is 0 Å². The van der Waals surface area contributed by atoms with E-state index in [2.05, 4.69) is 31.1 Å². The molecule has 0 saturated heterocycles. The minimum Gasteiger partial charge on any atom is -0.325 e. The number of amides is 2. The number of alkyl halides is 3. The van der Waals surface area contributed by atoms with Gasteiger partial charge in [-0.15, -0.1) is 10.2 Å². The lowest BCUT2D eigenvalue weighted by Gasteiger charge is -2.26. The molecule has 38 heavy (non-hydrogen) atoms. The number of hydrogen-bond donors (Lipinski definition) is 3. The second kappa shape index (κ2) is 10.5. The van der Waals surface area contributed by atoms with Crippen molar-refractivity contribution in [3.05, 3.63) is 83.9 Å². The summed E-state index contributed by atoms with van der Waals surface area (Å²) in [7, 11) is 0. The number of rotatable bonds is 5. The van der Waals surface area contributed by atoms with Crippen molar-refractivity contribution in [2.24, 2.45) is 5.92 Å². The lowest BCUT2D eigenvalue weighted by atomic mass is 9.81. The van der Waals surface area contributed by atoms with Crippen LogP contribution in [0.25, 0.3) is 17.1 Å². The first-order chi connectivity index (χ1) is 18.3. The van der Waals surface area contributed by atoms with E-state index in [-0.39, 0.29) is 5.92 Å². The van der Waals surface area contributed by atoms with Gasteiger partial charge in [0, 0.05) is 23.6 Å². The Hall–Kier alpha value is -4.48. The number of para-hydroxylation sites is 1. The van der Waals surface area contributed by atoms with Gasteiger partial charge in [-0.05, 0) is 37.8 Å². The molecular weight excluding hydrogens is 499 g/mol. The SMILES string of the molecule is O=C(NNC(=O)C1CCC(c2nnc(-c3ccccc3)[nH]2)CC1)c1cn(-c2ccccc2)nc1C(F)(F)F. The Morgan fingerprint density at radius 1 is 0.895 bits per heavy atom. The summed E-state index contributed by atoms with van der Waals surface area (Å²) in [5, 5.41) is 12.0. The van der Waals surface area contributed by atoms with Crippen LogP contribution in [0, 0.1) is 5.92 Å². The second-order valence-corrected chi connectivity index (χ2v) is 9.09. The number of aromatic nitrogens is 5. The molecule has 3 N–H and O–H groups in total. The van der Waals surface area contributed by atoms with Crippen LogP contribution in [-0.4, -0.2) is 36.8 Å². The van der Waals surface area contributed by atoms with E-state index in [1.54, 1.807) is 30.3 Å². The fourth-order valence-electron chi connectivity index (χ4n) is 4.56. The number of aromatic amines is 1. The smallest absolute Gasteiger partial charge is 0.325 e. The molecule has 1 saturated carbocycles. The zero-order chi connectivity index (χ0) is 26.7. The highest BCUT2D eigenvalue weighted by atomic mass is 19.4. The molecule has 1 aliphatic carbocycles. The molecule has 0 atom stereocenters. The molecule has 196 valence electrons. The summed E-state index contributed by atoms with van der Waals surface area (Å²) < 4.78 is 41.6. The van der Waals surface area contributed by atoms with Crippen molar-refractivity contribution in [3.63, 3.8) is 0 Å². The van der Waals surface area contributed by atoms with Gasteiger partial charge in [0.25, 0.3) is 5.91 Å². The third kappa shape index (κ3) is 5.43. The lowest BCUT2D eigenvalue weighted by Crippen LogP contribution is -2.45. The molecule has 2 amide bonds. The average molecular weight is 524 g/mol. The molecule has 1 fully saturated rings. The molecule has 2 aromatic heterocycles. The number of hydrazine groups is 1. The van der Waals surface area contributed by atoms with Crippen molar-refractivity contribution in [2.75, 3.05) is 0 Å². The fourth-order valence-corrected chi connectivity index (χ4v) is 4.56. The predicted octanol–water partition coefficient (Wildman–Crippen LogP) is 4.41. The van der Waals surface area contributed by atoms with Gasteiger partial charge in [0.1, 0.15) is 5.82 Å². The Morgan fingerprint density at radius 2 is 1.55 bits per heavy atom. The van der Waals surface area contributed by atoms with Crippen molar-refractivity contribution in [1.82, 2.24) is 35.8 Å². The van der Waals surface area contributed by atoms with E-state index < -0.39 is 35.2 Å². The molecular formula is C26H24F3N7O2. The highest BCUT2D eigenvalue weighted by molar-refractivity contribution is 5.96. The normalized spacial score (nSPS) is 17.7. The van der Waals surface area contributed by atoms with Crippen LogP contribution < -0.4 is 10.9 Å². The minimum absolute atomic E-state index is 0.108. The van der Waals surface area contributed by atoms with Crippen molar-refractivity contribution in [2.45, 2.75) is 37.8 Å². The van der Waals surface area contributed by atoms with Gasteiger partial charge in [0.15, 0.2) is 11.5 Å². The third-order valence-electron chi connectivity index (χ3n) is 6.58. The van der Waals surface area contributed by atoms with Crippen LogP contribution in [0.15, 0.2) is 66.9 Å². The number of carbonyl (C=O) groups is 2. The summed E-state index contributed by atoms with van der Waals surface area (Å²) in [6.07, 6.45) is -1.43. The molecule has 2 aromatic carbocycles. The van der Waals surface area contributed by atoms with Gasteiger partial charge in [0.05, 0.1) is 11.3 Å². The molecule has 5 rings (SSSR count). The molecule has 9 nitrogen and oxygen atoms in total. The number of carbonyl (C=O) groups excluding carboxylic acids is 2. The van der Waals surface area contributed by atoms with E-state index in [0.717, 1.165) is 22.3 Å². The van der Waals surface area contributed by atoms with Crippen LogP contribution >= 0.6 is 0 Å². The Labute approximate surface area is 215 Å². The third-order valence-corrected chi connectivity index (χ3v) is 6.58. The Morgan fingerprint density at radius 3 is 2.21 bits per heavy atom. The molecule has 1 aliphatic rings. The number of halogens is 3. The number of H-pyrrole nitrogens is 1. The largest absolute Gasteiger partial charge is 0.435 e. The summed E-state index contributed by atoms with van der Waals surface area (Å²) in [5.41, 5.74) is 3.66. The van der Waals surface area contributed by atoms with Crippen LogP contribution in [0.3, 0.4) is 0 Å². The number of nitrogens with one attached hydrogen (secondary N) is 3. The van der Waals surface area contributed by atoms with E-state index in [1.165, 1.54) is 0 Å². The summed E-state index contributed by atoms with van der Waals surface area (Å²) in [5.74, 6) is -0.405. The molecule has 12 heteroatoms. The van der Waals surface area contributed by atoms with Gasteiger partial charge < -0.3 is 4.98 Å². The van der Waals surface area contributed by atoms with E-state index in [0.29, 0.717) is 37.2 Å². The quantitative estimate of drug-likeness (QED) is 0.335. The molecule has 0 unspecified atom stereocenters. The van der Waals surface area contributed by atoms with Gasteiger partial charge in [0.2, 0.25) is 5.91 Å². The standard InChI is InChI=1S/C26H24F3N7O2/c27-26(28,29)21-20(15-36(35-21)19-9-5-2-6-10-19)25(38)34-33-24(37)18-13-11-17(12-14-18)23-30-22(31-32-23)16-7-3-1-4-8-16/h1-10,15,17-18H,11-14H2,(H,33,37)(H,34,38)(H,30,31,32). The molecule has 0 radical (unpaired) electrons. The van der Waals surface area contributed by atoms with Gasteiger partial charge in [-0.3, -0.25) is 20.4 Å². The topological polar surface area (TPSA) is 118 Å². The molecule has 0 spiro atoms. The highest BCUT2D eigenvalue weighted by Crippen LogP contribution is 2.35. The van der Waals surface area contributed by atoms with Crippen LogP contribution in [-0.2, 0) is 11.0 Å². The Bertz CT molecular complexity index is 1410. The molecule has 4 aromatic rings. The maximum Gasteiger partial charge on any atom is 0.435 e. The van der Waals surface area contributed by atoms with Crippen molar-refractivity contribution >= 4 is 11.8 Å². The number of nitrogens with zero attached hydrogens (tertiary/aromatic N) is 4. The van der Waals surface area contributed by atoms with Crippen LogP contribution in [0.1, 0.15) is 53.5 Å². The zero-order valence-electron chi connectivity index (χ0n) is 20.1. The van der Waals surface area contributed by atoms with Crippen molar-refractivity contribution < 1.29 is 22.8 Å². The summed E-state index contributed by atoms with van der Waals surface area (Å²) in [6.45, 7) is 0. The number of hydrogen-bond acceptors (Lipinski definition) is 5. The van der Waals surface area contributed by atoms with Gasteiger partial charge >= 0.3 is 6.18 Å². The summed E-state index contributed by atoms with van der Waals surface area (Å²) in [4.78, 5) is 28.5. The Kier molecular flexibility index (Phi) is 6.95. The van der Waals surface area contributed by atoms with E-state index in [9.17, 15) is 22.8 Å². The van der Waals surface area contributed by atoms with Gasteiger partial charge in [-0.25, -0.2) is 4.68 Å². The highest BCUT2D eigenvalue weighted by Gasteiger charge is 2.39.